The van der Waals surface area contributed by atoms with Crippen molar-refractivity contribution in [2.45, 2.75) is 46.0 Å². The quantitative estimate of drug-likeness (QED) is 0.330. The molecule has 1 aromatic carbocycles. The molecular weight excluding hydrogens is 658 g/mol. The summed E-state index contributed by atoms with van der Waals surface area (Å²) in [5.41, 5.74) is 1.75. The van der Waals surface area contributed by atoms with E-state index in [4.69, 9.17) is 0 Å². The number of carbonyl (C=O) groups is 2. The van der Waals surface area contributed by atoms with Gasteiger partial charge in [0.2, 0.25) is 5.91 Å². The average Bonchev–Trinajstić information content (AvgIpc) is 2.49. The van der Waals surface area contributed by atoms with E-state index in [-0.39, 0.29) is 35.5 Å². The van der Waals surface area contributed by atoms with Crippen LogP contribution in [0.1, 0.15) is 45.1 Å². The Morgan fingerprint density at radius 3 is 2.33 bits per heavy atom. The van der Waals surface area contributed by atoms with Gasteiger partial charge in [-0.2, -0.15) is 0 Å². The Bertz CT molecular complexity index is 596. The molecule has 0 bridgehead atoms. The zero-order valence-corrected chi connectivity index (χ0v) is 22.5. The molecule has 0 radical (unpaired) electrons. The van der Waals surface area contributed by atoms with Crippen molar-refractivity contribution in [2.24, 2.45) is 5.92 Å². The van der Waals surface area contributed by atoms with Gasteiger partial charge in [-0.05, 0) is 98.7 Å². The van der Waals surface area contributed by atoms with Gasteiger partial charge >= 0.3 is 29.6 Å². The monoisotopic (exact) mass is 677 g/mol. The molecular formula is C16H19I3NNaO3. The molecule has 1 atom stereocenters. The van der Waals surface area contributed by atoms with E-state index in [1.807, 2.05) is 13.0 Å². The molecule has 1 rings (SSSR count). The van der Waals surface area contributed by atoms with Gasteiger partial charge in [0, 0.05) is 29.0 Å². The standard InChI is InChI=1S/C16H20I3NO3.Na/c1-3-5-6-13(21)20-15-12(18)8-11(17)10(14(15)19)7-9(4-2)16(22)23;/h8-9H,3-7H2,1-2H3,(H,20,21)(H,22,23);/q;+1/p-1. The average molecular weight is 677 g/mol. The van der Waals surface area contributed by atoms with Crippen LogP contribution in [0.4, 0.5) is 5.69 Å². The zero-order chi connectivity index (χ0) is 17.6. The van der Waals surface area contributed by atoms with Gasteiger partial charge in [0.05, 0.1) is 5.69 Å². The van der Waals surface area contributed by atoms with Gasteiger partial charge in [-0.3, -0.25) is 4.79 Å². The Hall–Kier alpha value is 1.35. The number of nitrogens with one attached hydrogen (secondary N) is 1. The van der Waals surface area contributed by atoms with Crippen LogP contribution in [0.25, 0.3) is 0 Å². The van der Waals surface area contributed by atoms with E-state index >= 15 is 0 Å². The van der Waals surface area contributed by atoms with Gasteiger partial charge in [0.25, 0.3) is 0 Å². The Morgan fingerprint density at radius 1 is 1.21 bits per heavy atom. The molecule has 0 aliphatic rings. The number of hydrogen-bond donors (Lipinski definition) is 1. The smallest absolute Gasteiger partial charge is 0.550 e. The van der Waals surface area contributed by atoms with E-state index in [9.17, 15) is 14.7 Å². The largest absolute Gasteiger partial charge is 1.00 e. The summed E-state index contributed by atoms with van der Waals surface area (Å²) in [7, 11) is 0. The summed E-state index contributed by atoms with van der Waals surface area (Å²) >= 11 is 6.62. The number of carboxylic acids is 1. The summed E-state index contributed by atoms with van der Waals surface area (Å²) in [4.78, 5) is 23.3. The Kier molecular flexibility index (Phi) is 13.4. The molecule has 1 N–H and O–H groups in total. The van der Waals surface area contributed by atoms with Crippen molar-refractivity contribution in [1.82, 2.24) is 0 Å². The summed E-state index contributed by atoms with van der Waals surface area (Å²) in [5.74, 6) is -1.53. The fourth-order valence-electron chi connectivity index (χ4n) is 2.11. The minimum Gasteiger partial charge on any atom is -0.550 e. The molecule has 1 aromatic rings. The third-order valence-electron chi connectivity index (χ3n) is 3.56. The van der Waals surface area contributed by atoms with Gasteiger partial charge in [0.15, 0.2) is 0 Å². The molecule has 1 unspecified atom stereocenters. The van der Waals surface area contributed by atoms with Crippen molar-refractivity contribution in [2.75, 3.05) is 5.32 Å². The number of aliphatic carboxylic acids is 1. The summed E-state index contributed by atoms with van der Waals surface area (Å²) in [6.07, 6.45) is 3.28. The first-order valence-electron chi connectivity index (χ1n) is 7.48. The third-order valence-corrected chi connectivity index (χ3v) is 6.57. The first-order valence-corrected chi connectivity index (χ1v) is 10.7. The second-order valence-electron chi connectivity index (χ2n) is 5.29. The van der Waals surface area contributed by atoms with Gasteiger partial charge < -0.3 is 15.2 Å². The Morgan fingerprint density at radius 2 is 1.83 bits per heavy atom. The molecule has 0 aliphatic heterocycles. The molecule has 0 heterocycles. The first-order chi connectivity index (χ1) is 10.8. The number of rotatable bonds is 8. The molecule has 4 nitrogen and oxygen atoms in total. The number of amides is 1. The number of unbranched alkanes of at least 4 members (excludes halogenated alkanes) is 1. The van der Waals surface area contributed by atoms with Crippen molar-refractivity contribution in [3.05, 3.63) is 22.3 Å². The fraction of sp³-hybridized carbons (Fsp3) is 0.500. The predicted octanol–water partition coefficient (Wildman–Crippen LogP) is 0.952. The maximum Gasteiger partial charge on any atom is 1.00 e. The maximum absolute atomic E-state index is 12.0. The van der Waals surface area contributed by atoms with Crippen molar-refractivity contribution >= 4 is 85.3 Å². The molecule has 128 valence electrons. The van der Waals surface area contributed by atoms with Gasteiger partial charge in [-0.25, -0.2) is 0 Å². The van der Waals surface area contributed by atoms with Crippen LogP contribution in [0.5, 0.6) is 0 Å². The van der Waals surface area contributed by atoms with Crippen LogP contribution >= 0.6 is 67.8 Å². The zero-order valence-electron chi connectivity index (χ0n) is 14.0. The Labute approximate surface area is 206 Å². The summed E-state index contributed by atoms with van der Waals surface area (Å²) in [6, 6.07) is 1.98. The molecule has 0 spiro atoms. The van der Waals surface area contributed by atoms with Crippen LogP contribution in [0, 0.1) is 16.6 Å². The van der Waals surface area contributed by atoms with Crippen molar-refractivity contribution < 1.29 is 44.3 Å². The van der Waals surface area contributed by atoms with E-state index < -0.39 is 11.9 Å². The number of carboxylic acid groups (broad SMARTS) is 1. The molecule has 24 heavy (non-hydrogen) atoms. The molecule has 0 saturated heterocycles. The topological polar surface area (TPSA) is 69.2 Å². The summed E-state index contributed by atoms with van der Waals surface area (Å²) in [6.45, 7) is 3.90. The van der Waals surface area contributed by atoms with Crippen molar-refractivity contribution in [1.29, 1.82) is 0 Å². The molecule has 0 aliphatic carbocycles. The van der Waals surface area contributed by atoms with E-state index in [0.717, 1.165) is 34.8 Å². The van der Waals surface area contributed by atoms with Crippen molar-refractivity contribution in [3.63, 3.8) is 0 Å². The van der Waals surface area contributed by atoms with Gasteiger partial charge in [0.1, 0.15) is 0 Å². The van der Waals surface area contributed by atoms with E-state index in [2.05, 4.69) is 80.0 Å². The fourth-order valence-corrected chi connectivity index (χ4v) is 6.19. The molecule has 0 aromatic heterocycles. The van der Waals surface area contributed by atoms with Crippen LogP contribution in [0.2, 0.25) is 0 Å². The minimum atomic E-state index is -1.02. The van der Waals surface area contributed by atoms with Crippen LogP contribution in [-0.4, -0.2) is 11.9 Å². The van der Waals surface area contributed by atoms with Crippen LogP contribution in [0.3, 0.4) is 0 Å². The predicted molar refractivity (Wildman–Crippen MR) is 115 cm³/mol. The first kappa shape index (κ1) is 25.4. The van der Waals surface area contributed by atoms with Crippen LogP contribution in [0.15, 0.2) is 6.07 Å². The second-order valence-corrected chi connectivity index (χ2v) is 8.69. The normalized spacial score (nSPS) is 11.5. The number of carbonyl (C=O) groups excluding carboxylic acids is 2. The van der Waals surface area contributed by atoms with Crippen LogP contribution in [-0.2, 0) is 16.0 Å². The molecule has 0 fully saturated rings. The summed E-state index contributed by atoms with van der Waals surface area (Å²) in [5, 5.41) is 14.2. The Balaban J connectivity index is 0.00000529. The van der Waals surface area contributed by atoms with E-state index in [1.165, 1.54) is 0 Å². The molecule has 8 heteroatoms. The van der Waals surface area contributed by atoms with Crippen molar-refractivity contribution in [3.8, 4) is 0 Å². The van der Waals surface area contributed by atoms with E-state index in [1.54, 1.807) is 0 Å². The number of benzene rings is 1. The van der Waals surface area contributed by atoms with Gasteiger partial charge in [-0.15, -0.1) is 0 Å². The molecule has 0 saturated carbocycles. The van der Waals surface area contributed by atoms with Gasteiger partial charge in [-0.1, -0.05) is 20.3 Å². The number of anilines is 1. The molecule has 1 amide bonds. The maximum atomic E-state index is 12.0. The third kappa shape index (κ3) is 7.53. The second kappa shape index (κ2) is 12.7. The number of hydrogen-bond acceptors (Lipinski definition) is 3. The summed E-state index contributed by atoms with van der Waals surface area (Å²) < 4.78 is 2.90. The number of halogens is 3. The minimum absolute atomic E-state index is 0. The van der Waals surface area contributed by atoms with E-state index in [0.29, 0.717) is 19.3 Å². The van der Waals surface area contributed by atoms with Crippen LogP contribution < -0.4 is 40.0 Å². The SMILES string of the molecule is CCCCC(=O)Nc1c(I)cc(I)c(CC(CC)C(=O)[O-])c1I.[Na+].